The number of aromatic nitrogens is 2. The number of hydrogen-bond acceptors (Lipinski definition) is 3. The number of hydrogen-bond donors (Lipinski definition) is 1. The van der Waals surface area contributed by atoms with Gasteiger partial charge in [-0.1, -0.05) is 0 Å². The second-order valence-electron chi connectivity index (χ2n) is 3.18. The van der Waals surface area contributed by atoms with Gasteiger partial charge in [-0.2, -0.15) is 13.8 Å². The zero-order valence-corrected chi connectivity index (χ0v) is 8.33. The first kappa shape index (κ1) is 12.8. The van der Waals surface area contributed by atoms with E-state index in [1.165, 1.54) is 17.8 Å². The van der Waals surface area contributed by atoms with Crippen LogP contribution in [0.4, 0.5) is 17.6 Å². The molecule has 8 heteroatoms. The molecule has 0 atom stereocenters. The Balaban J connectivity index is 2.44. The number of aryl methyl sites for hydroxylation is 1. The summed E-state index contributed by atoms with van der Waals surface area (Å²) < 4.78 is 54.0. The van der Waals surface area contributed by atoms with Gasteiger partial charge in [0, 0.05) is 7.05 Å². The van der Waals surface area contributed by atoms with Crippen LogP contribution in [0.2, 0.25) is 0 Å². The van der Waals surface area contributed by atoms with Crippen LogP contribution in [0.5, 0.6) is 5.88 Å². The molecule has 0 aliphatic carbocycles. The third-order valence-corrected chi connectivity index (χ3v) is 1.80. The molecule has 0 aliphatic heterocycles. The summed E-state index contributed by atoms with van der Waals surface area (Å²) in [5, 5.41) is 8.93. The van der Waals surface area contributed by atoms with Crippen LogP contribution >= 0.6 is 0 Å². The van der Waals surface area contributed by atoms with E-state index in [4.69, 9.17) is 5.11 Å². The van der Waals surface area contributed by atoms with E-state index in [2.05, 4.69) is 9.72 Å². The van der Waals surface area contributed by atoms with Gasteiger partial charge in [-0.3, -0.25) is 0 Å². The van der Waals surface area contributed by atoms with Crippen molar-refractivity contribution in [2.75, 3.05) is 6.61 Å². The first-order chi connectivity index (χ1) is 7.33. The Morgan fingerprint density at radius 2 is 2.19 bits per heavy atom. The molecule has 4 nitrogen and oxygen atoms in total. The summed E-state index contributed by atoms with van der Waals surface area (Å²) in [6, 6.07) is 0. The van der Waals surface area contributed by atoms with Crippen molar-refractivity contribution in [3.63, 3.8) is 0 Å². The van der Waals surface area contributed by atoms with Crippen LogP contribution in [-0.4, -0.2) is 33.6 Å². The molecular formula is C8H10F4N2O2. The van der Waals surface area contributed by atoms with Gasteiger partial charge in [0.1, 0.15) is 19.0 Å². The lowest BCUT2D eigenvalue weighted by molar-refractivity contribution is -0.168. The average molecular weight is 242 g/mol. The van der Waals surface area contributed by atoms with Crippen LogP contribution in [0.25, 0.3) is 0 Å². The minimum Gasteiger partial charge on any atom is -0.492 e. The molecule has 92 valence electrons. The molecule has 1 aromatic rings. The molecule has 0 radical (unpaired) electrons. The summed E-state index contributed by atoms with van der Waals surface area (Å²) in [6.07, 6.45) is -2.52. The molecule has 1 rings (SSSR count). The first-order valence-corrected chi connectivity index (χ1v) is 4.28. The minimum atomic E-state index is -4.17. The van der Waals surface area contributed by atoms with E-state index >= 15 is 0 Å². The van der Waals surface area contributed by atoms with Gasteiger partial charge in [-0.05, 0) is 0 Å². The highest BCUT2D eigenvalue weighted by Gasteiger charge is 2.41. The summed E-state index contributed by atoms with van der Waals surface area (Å²) >= 11 is 0. The molecule has 0 aromatic carbocycles. The maximum absolute atomic E-state index is 12.4. The molecule has 0 spiro atoms. The number of halogens is 4. The Hall–Kier alpha value is -1.31. The van der Waals surface area contributed by atoms with Crippen LogP contribution in [0.3, 0.4) is 0 Å². The molecule has 0 bridgehead atoms. The first-order valence-electron chi connectivity index (χ1n) is 4.28. The fourth-order valence-electron chi connectivity index (χ4n) is 0.963. The number of rotatable bonds is 5. The zero-order chi connectivity index (χ0) is 12.3. The van der Waals surface area contributed by atoms with Crippen molar-refractivity contribution in [3.8, 4) is 5.88 Å². The van der Waals surface area contributed by atoms with E-state index in [0.29, 0.717) is 0 Å². The highest BCUT2D eigenvalue weighted by Crippen LogP contribution is 2.23. The van der Waals surface area contributed by atoms with Gasteiger partial charge in [0.05, 0.1) is 6.20 Å². The Kier molecular flexibility index (Phi) is 3.74. The Bertz CT molecular complexity index is 354. The molecule has 0 saturated heterocycles. The van der Waals surface area contributed by atoms with Crippen LogP contribution in [0, 0.1) is 0 Å². The van der Waals surface area contributed by atoms with Crippen molar-refractivity contribution in [3.05, 3.63) is 12.0 Å². The van der Waals surface area contributed by atoms with Gasteiger partial charge in [-0.25, -0.2) is 8.78 Å². The molecule has 0 amide bonds. The van der Waals surface area contributed by atoms with Crippen molar-refractivity contribution in [1.29, 1.82) is 0 Å². The number of ether oxygens (including phenoxy) is 1. The molecule has 0 unspecified atom stereocenters. The van der Waals surface area contributed by atoms with Crippen molar-refractivity contribution in [2.24, 2.45) is 7.05 Å². The highest BCUT2D eigenvalue weighted by molar-refractivity contribution is 5.06. The van der Waals surface area contributed by atoms with Gasteiger partial charge in [-0.15, -0.1) is 0 Å². The molecular weight excluding hydrogens is 232 g/mol. The quantitative estimate of drug-likeness (QED) is 0.797. The molecule has 1 aromatic heterocycles. The molecule has 16 heavy (non-hydrogen) atoms. The van der Waals surface area contributed by atoms with E-state index in [1.54, 1.807) is 0 Å². The van der Waals surface area contributed by atoms with Crippen molar-refractivity contribution < 1.29 is 27.4 Å². The van der Waals surface area contributed by atoms with E-state index in [1.807, 2.05) is 0 Å². The summed E-state index contributed by atoms with van der Waals surface area (Å²) in [5.41, 5.74) is 0. The molecule has 1 N–H and O–H groups in total. The van der Waals surface area contributed by atoms with Crippen LogP contribution < -0.4 is 0 Å². The zero-order valence-electron chi connectivity index (χ0n) is 8.33. The fourth-order valence-corrected chi connectivity index (χ4v) is 0.963. The number of imidazole rings is 1. The Morgan fingerprint density at radius 3 is 2.62 bits per heavy atom. The van der Waals surface area contributed by atoms with Crippen LogP contribution in [-0.2, 0) is 18.4 Å². The van der Waals surface area contributed by atoms with Crippen molar-refractivity contribution in [1.82, 2.24) is 9.55 Å². The van der Waals surface area contributed by atoms with E-state index in [0.717, 1.165) is 0 Å². The normalized spacial score (nSPS) is 12.4. The number of alkyl halides is 4. The van der Waals surface area contributed by atoms with E-state index in [-0.39, 0.29) is 18.3 Å². The predicted molar refractivity (Wildman–Crippen MR) is 45.5 cm³/mol. The SMILES string of the molecule is Cn1cc(O)nc1COCC(F)(F)C(F)F. The van der Waals surface area contributed by atoms with Gasteiger partial charge >= 0.3 is 12.3 Å². The molecule has 0 aliphatic rings. The predicted octanol–water partition coefficient (Wildman–Crippen LogP) is 1.54. The minimum absolute atomic E-state index is 0.169. The summed E-state index contributed by atoms with van der Waals surface area (Å²) in [4.78, 5) is 3.54. The van der Waals surface area contributed by atoms with Gasteiger partial charge in [0.2, 0.25) is 5.88 Å². The second kappa shape index (κ2) is 4.69. The summed E-state index contributed by atoms with van der Waals surface area (Å²) in [5.74, 6) is -4.29. The molecule has 0 saturated carbocycles. The summed E-state index contributed by atoms with van der Waals surface area (Å²) in [6.45, 7) is -1.77. The lowest BCUT2D eigenvalue weighted by Gasteiger charge is -2.14. The van der Waals surface area contributed by atoms with Gasteiger partial charge in [0.25, 0.3) is 0 Å². The second-order valence-corrected chi connectivity index (χ2v) is 3.18. The smallest absolute Gasteiger partial charge is 0.330 e. The maximum atomic E-state index is 12.4. The standard InChI is InChI=1S/C8H10F4N2O2/c1-14-2-6(15)13-5(14)3-16-4-8(11,12)7(9)10/h2,7,15H,3-4H2,1H3. The average Bonchev–Trinajstić information content (AvgIpc) is 2.44. The number of aromatic hydroxyl groups is 1. The Labute approximate surface area is 88.5 Å². The fraction of sp³-hybridized carbons (Fsp3) is 0.625. The third-order valence-electron chi connectivity index (χ3n) is 1.80. The van der Waals surface area contributed by atoms with E-state index < -0.39 is 19.0 Å². The Morgan fingerprint density at radius 1 is 1.56 bits per heavy atom. The van der Waals surface area contributed by atoms with Gasteiger partial charge in [0.15, 0.2) is 0 Å². The monoisotopic (exact) mass is 242 g/mol. The maximum Gasteiger partial charge on any atom is 0.330 e. The molecule has 1 heterocycles. The largest absolute Gasteiger partial charge is 0.492 e. The number of nitrogens with zero attached hydrogens (tertiary/aromatic N) is 2. The molecule has 0 fully saturated rings. The summed E-state index contributed by atoms with van der Waals surface area (Å²) in [7, 11) is 1.51. The van der Waals surface area contributed by atoms with Crippen molar-refractivity contribution in [2.45, 2.75) is 19.0 Å². The third kappa shape index (κ3) is 3.09. The van der Waals surface area contributed by atoms with Crippen LogP contribution in [0.15, 0.2) is 6.20 Å². The lowest BCUT2D eigenvalue weighted by atomic mass is 10.4. The lowest BCUT2D eigenvalue weighted by Crippen LogP contribution is -2.32. The van der Waals surface area contributed by atoms with Crippen LogP contribution in [0.1, 0.15) is 5.82 Å². The van der Waals surface area contributed by atoms with Crippen molar-refractivity contribution >= 4 is 0 Å². The van der Waals surface area contributed by atoms with E-state index in [9.17, 15) is 17.6 Å². The van der Waals surface area contributed by atoms with Gasteiger partial charge < -0.3 is 14.4 Å². The topological polar surface area (TPSA) is 47.3 Å². The highest BCUT2D eigenvalue weighted by atomic mass is 19.3.